The largest absolute Gasteiger partial charge is 0.357 e. The molecule has 0 saturated heterocycles. The molecule has 1 aromatic rings. The van der Waals surface area contributed by atoms with E-state index in [2.05, 4.69) is 60.7 Å². The van der Waals surface area contributed by atoms with Gasteiger partial charge in [-0.05, 0) is 31.7 Å². The highest BCUT2D eigenvalue weighted by atomic mass is 15.2. The Morgan fingerprint density at radius 1 is 1.44 bits per heavy atom. The van der Waals surface area contributed by atoms with Crippen molar-refractivity contribution in [3.05, 3.63) is 35.4 Å². The van der Waals surface area contributed by atoms with Gasteiger partial charge in [-0.15, -0.1) is 0 Å². The standard InChI is InChI=1S/C15H23N3/c1-4-16-15(18-14-9-12(14)3)17-10-13-7-5-6-11(2)8-13/h5-8,12,14H,4,9-10H2,1-3H3,(H2,16,17,18). The van der Waals surface area contributed by atoms with Gasteiger partial charge in [-0.1, -0.05) is 36.8 Å². The van der Waals surface area contributed by atoms with Crippen LogP contribution in [-0.4, -0.2) is 18.5 Å². The highest BCUT2D eigenvalue weighted by Gasteiger charge is 2.33. The smallest absolute Gasteiger partial charge is 0.191 e. The summed E-state index contributed by atoms with van der Waals surface area (Å²) in [6.07, 6.45) is 1.26. The van der Waals surface area contributed by atoms with Gasteiger partial charge in [0.25, 0.3) is 0 Å². The molecule has 1 aromatic carbocycles. The van der Waals surface area contributed by atoms with E-state index in [0.29, 0.717) is 6.04 Å². The summed E-state index contributed by atoms with van der Waals surface area (Å²) in [4.78, 5) is 4.63. The SMILES string of the molecule is CCNC(=NCc1cccc(C)c1)NC1CC1C. The second-order valence-electron chi connectivity index (χ2n) is 5.15. The average Bonchev–Trinajstić information content (AvgIpc) is 3.02. The van der Waals surface area contributed by atoms with Gasteiger partial charge >= 0.3 is 0 Å². The van der Waals surface area contributed by atoms with Crippen molar-refractivity contribution >= 4 is 5.96 Å². The molecule has 1 aliphatic carbocycles. The molecule has 98 valence electrons. The number of nitrogens with one attached hydrogen (secondary N) is 2. The number of hydrogen-bond donors (Lipinski definition) is 2. The van der Waals surface area contributed by atoms with Crippen LogP contribution in [0.4, 0.5) is 0 Å². The van der Waals surface area contributed by atoms with Gasteiger partial charge in [-0.2, -0.15) is 0 Å². The number of aryl methyl sites for hydroxylation is 1. The third-order valence-corrected chi connectivity index (χ3v) is 3.28. The number of aliphatic imine (C=N–C) groups is 1. The number of hydrogen-bond acceptors (Lipinski definition) is 1. The summed E-state index contributed by atoms with van der Waals surface area (Å²) >= 11 is 0. The Kier molecular flexibility index (Phi) is 4.24. The molecular formula is C15H23N3. The van der Waals surface area contributed by atoms with Gasteiger partial charge in [0, 0.05) is 12.6 Å². The van der Waals surface area contributed by atoms with E-state index in [9.17, 15) is 0 Å². The minimum atomic E-state index is 0.611. The average molecular weight is 245 g/mol. The van der Waals surface area contributed by atoms with Crippen molar-refractivity contribution in [2.75, 3.05) is 6.54 Å². The predicted octanol–water partition coefficient (Wildman–Crippen LogP) is 2.46. The summed E-state index contributed by atoms with van der Waals surface area (Å²) in [5, 5.41) is 6.76. The molecule has 3 nitrogen and oxygen atoms in total. The maximum Gasteiger partial charge on any atom is 0.191 e. The van der Waals surface area contributed by atoms with Gasteiger partial charge < -0.3 is 10.6 Å². The molecule has 3 heteroatoms. The quantitative estimate of drug-likeness (QED) is 0.631. The lowest BCUT2D eigenvalue weighted by Gasteiger charge is -2.10. The fourth-order valence-corrected chi connectivity index (χ4v) is 2.00. The van der Waals surface area contributed by atoms with Crippen molar-refractivity contribution in [3.63, 3.8) is 0 Å². The van der Waals surface area contributed by atoms with Crippen molar-refractivity contribution < 1.29 is 0 Å². The molecule has 2 atom stereocenters. The van der Waals surface area contributed by atoms with Crippen molar-refractivity contribution in [2.24, 2.45) is 10.9 Å². The summed E-state index contributed by atoms with van der Waals surface area (Å²) < 4.78 is 0. The molecule has 18 heavy (non-hydrogen) atoms. The lowest BCUT2D eigenvalue weighted by Crippen LogP contribution is -2.39. The first-order valence-corrected chi connectivity index (χ1v) is 6.79. The van der Waals surface area contributed by atoms with Crippen LogP contribution in [0.5, 0.6) is 0 Å². The Balaban J connectivity index is 1.94. The number of nitrogens with zero attached hydrogens (tertiary/aromatic N) is 1. The second-order valence-corrected chi connectivity index (χ2v) is 5.15. The van der Waals surface area contributed by atoms with E-state index in [0.717, 1.165) is 25.0 Å². The zero-order valence-electron chi connectivity index (χ0n) is 11.5. The molecule has 0 amide bonds. The summed E-state index contributed by atoms with van der Waals surface area (Å²) in [6.45, 7) is 8.11. The normalized spacial score (nSPS) is 22.7. The summed E-state index contributed by atoms with van der Waals surface area (Å²) in [7, 11) is 0. The van der Waals surface area contributed by atoms with Crippen LogP contribution in [0.15, 0.2) is 29.3 Å². The molecular weight excluding hydrogens is 222 g/mol. The van der Waals surface area contributed by atoms with Gasteiger partial charge in [0.2, 0.25) is 0 Å². The Morgan fingerprint density at radius 3 is 2.83 bits per heavy atom. The molecule has 2 rings (SSSR count). The fourth-order valence-electron chi connectivity index (χ4n) is 2.00. The summed E-state index contributed by atoms with van der Waals surface area (Å²) in [5.41, 5.74) is 2.55. The fraction of sp³-hybridized carbons (Fsp3) is 0.533. The lowest BCUT2D eigenvalue weighted by atomic mass is 10.1. The van der Waals surface area contributed by atoms with Crippen molar-refractivity contribution in [3.8, 4) is 0 Å². The Morgan fingerprint density at radius 2 is 2.22 bits per heavy atom. The van der Waals surface area contributed by atoms with Gasteiger partial charge in [0.1, 0.15) is 0 Å². The van der Waals surface area contributed by atoms with Gasteiger partial charge in [0.05, 0.1) is 6.54 Å². The number of rotatable bonds is 4. The Bertz CT molecular complexity index is 426. The van der Waals surface area contributed by atoms with Crippen LogP contribution in [0.3, 0.4) is 0 Å². The first-order chi connectivity index (χ1) is 8.69. The first-order valence-electron chi connectivity index (χ1n) is 6.79. The van der Waals surface area contributed by atoms with Crippen LogP contribution in [0.25, 0.3) is 0 Å². The number of benzene rings is 1. The molecule has 0 heterocycles. The molecule has 1 fully saturated rings. The van der Waals surface area contributed by atoms with Gasteiger partial charge in [-0.3, -0.25) is 0 Å². The van der Waals surface area contributed by atoms with Crippen molar-refractivity contribution in [1.82, 2.24) is 10.6 Å². The molecule has 0 aliphatic heterocycles. The third-order valence-electron chi connectivity index (χ3n) is 3.28. The minimum absolute atomic E-state index is 0.611. The highest BCUT2D eigenvalue weighted by Crippen LogP contribution is 2.28. The van der Waals surface area contributed by atoms with Crippen molar-refractivity contribution in [2.45, 2.75) is 39.8 Å². The molecule has 1 saturated carbocycles. The zero-order chi connectivity index (χ0) is 13.0. The van der Waals surface area contributed by atoms with Crippen LogP contribution in [-0.2, 0) is 6.54 Å². The second kappa shape index (κ2) is 5.89. The molecule has 1 aliphatic rings. The van der Waals surface area contributed by atoms with Crippen molar-refractivity contribution in [1.29, 1.82) is 0 Å². The highest BCUT2D eigenvalue weighted by molar-refractivity contribution is 5.80. The zero-order valence-corrected chi connectivity index (χ0v) is 11.5. The van der Waals surface area contributed by atoms with E-state index in [4.69, 9.17) is 0 Å². The third kappa shape index (κ3) is 3.76. The van der Waals surface area contributed by atoms with Crippen LogP contribution >= 0.6 is 0 Å². The molecule has 0 radical (unpaired) electrons. The van der Waals surface area contributed by atoms with E-state index in [-0.39, 0.29) is 0 Å². The monoisotopic (exact) mass is 245 g/mol. The molecule has 2 unspecified atom stereocenters. The molecule has 0 aromatic heterocycles. The maximum absolute atomic E-state index is 4.63. The van der Waals surface area contributed by atoms with E-state index in [1.54, 1.807) is 0 Å². The summed E-state index contributed by atoms with van der Waals surface area (Å²) in [6, 6.07) is 9.12. The molecule has 0 bridgehead atoms. The summed E-state index contributed by atoms with van der Waals surface area (Å²) in [5.74, 6) is 1.72. The number of guanidine groups is 1. The van der Waals surface area contributed by atoms with Crippen LogP contribution in [0, 0.1) is 12.8 Å². The van der Waals surface area contributed by atoms with E-state index in [1.165, 1.54) is 17.5 Å². The molecule has 2 N–H and O–H groups in total. The first kappa shape index (κ1) is 12.9. The van der Waals surface area contributed by atoms with Crippen LogP contribution in [0.2, 0.25) is 0 Å². The molecule has 0 spiro atoms. The lowest BCUT2D eigenvalue weighted by molar-refractivity contribution is 0.766. The van der Waals surface area contributed by atoms with Gasteiger partial charge in [-0.25, -0.2) is 4.99 Å². The van der Waals surface area contributed by atoms with Crippen LogP contribution < -0.4 is 10.6 Å². The maximum atomic E-state index is 4.63. The van der Waals surface area contributed by atoms with E-state index >= 15 is 0 Å². The van der Waals surface area contributed by atoms with Gasteiger partial charge in [0.15, 0.2) is 5.96 Å². The van der Waals surface area contributed by atoms with E-state index < -0.39 is 0 Å². The predicted molar refractivity (Wildman–Crippen MR) is 76.7 cm³/mol. The Labute approximate surface area is 110 Å². The van der Waals surface area contributed by atoms with Crippen LogP contribution in [0.1, 0.15) is 31.4 Å². The minimum Gasteiger partial charge on any atom is -0.357 e. The topological polar surface area (TPSA) is 36.4 Å². The Hall–Kier alpha value is -1.51. The van der Waals surface area contributed by atoms with E-state index in [1.807, 2.05) is 0 Å².